The summed E-state index contributed by atoms with van der Waals surface area (Å²) in [4.78, 5) is 12.7. The Labute approximate surface area is 149 Å². The van der Waals surface area contributed by atoms with Gasteiger partial charge in [-0.25, -0.2) is 15.0 Å². The fourth-order valence-corrected chi connectivity index (χ4v) is 2.99. The van der Waals surface area contributed by atoms with Gasteiger partial charge in [0.25, 0.3) is 0 Å². The Morgan fingerprint density at radius 1 is 1.31 bits per heavy atom. The molecule has 3 heterocycles. The molecule has 26 heavy (non-hydrogen) atoms. The van der Waals surface area contributed by atoms with Crippen LogP contribution in [0.2, 0.25) is 0 Å². The van der Waals surface area contributed by atoms with E-state index in [1.165, 1.54) is 17.2 Å². The monoisotopic (exact) mass is 365 g/mol. The van der Waals surface area contributed by atoms with Crippen molar-refractivity contribution in [2.75, 3.05) is 18.5 Å². The highest BCUT2D eigenvalue weighted by Gasteiger charge is 2.44. The molecule has 1 aliphatic rings. The average molecular weight is 365 g/mol. The average Bonchev–Trinajstić information content (AvgIpc) is 3.17. The Balaban J connectivity index is 1.90. The van der Waals surface area contributed by atoms with Crippen molar-refractivity contribution in [3.05, 3.63) is 24.3 Å². The summed E-state index contributed by atoms with van der Waals surface area (Å²) in [7, 11) is 0. The number of hydrogen-bond donors (Lipinski definition) is 5. The molecule has 0 spiro atoms. The maximum atomic E-state index is 10.2. The van der Waals surface area contributed by atoms with E-state index in [1.54, 1.807) is 0 Å². The number of hydrogen-bond acceptors (Lipinski definition) is 9. The van der Waals surface area contributed by atoms with Gasteiger partial charge in [-0.2, -0.15) is 0 Å². The van der Waals surface area contributed by atoms with Gasteiger partial charge in [0, 0.05) is 6.04 Å². The van der Waals surface area contributed by atoms with Crippen molar-refractivity contribution >= 4 is 17.0 Å². The first kappa shape index (κ1) is 18.7. The second-order valence-corrected chi connectivity index (χ2v) is 6.38. The van der Waals surface area contributed by atoms with Gasteiger partial charge in [0.15, 0.2) is 23.2 Å². The standard InChI is InChI=1S/C16H23N5O5/c1-8(4-22)3-9(2)20-14-11-15(18-6-17-14)21(7-19-11)16-13(25)12(24)10(5-23)26-16/h3,6-7,9-10,12-13,16,22-25H,4-5H2,1-2H3,(H,17,18,20). The van der Waals surface area contributed by atoms with Crippen LogP contribution in [-0.2, 0) is 4.74 Å². The third-order valence-electron chi connectivity index (χ3n) is 4.30. The van der Waals surface area contributed by atoms with Gasteiger partial charge >= 0.3 is 0 Å². The SMILES string of the molecule is CC(=CC(C)Nc1ncnc2c1ncn2C1OC(CO)C(O)C1O)CO. The van der Waals surface area contributed by atoms with Gasteiger partial charge < -0.3 is 30.5 Å². The van der Waals surface area contributed by atoms with Crippen molar-refractivity contribution in [1.82, 2.24) is 19.5 Å². The van der Waals surface area contributed by atoms with Crippen LogP contribution in [0.4, 0.5) is 5.82 Å². The fourth-order valence-electron chi connectivity index (χ4n) is 2.99. The predicted molar refractivity (Wildman–Crippen MR) is 92.3 cm³/mol. The summed E-state index contributed by atoms with van der Waals surface area (Å²) in [6, 6.07) is -0.0979. The molecule has 0 saturated carbocycles. The first-order valence-electron chi connectivity index (χ1n) is 8.31. The zero-order chi connectivity index (χ0) is 18.8. The van der Waals surface area contributed by atoms with E-state index in [-0.39, 0.29) is 12.6 Å². The predicted octanol–water partition coefficient (Wildman–Crippen LogP) is -0.823. The summed E-state index contributed by atoms with van der Waals surface area (Å²) in [5, 5.41) is 41.7. The molecule has 2 aromatic heterocycles. The minimum atomic E-state index is -1.22. The van der Waals surface area contributed by atoms with Crippen LogP contribution >= 0.6 is 0 Å². The molecule has 1 aliphatic heterocycles. The lowest BCUT2D eigenvalue weighted by atomic mass is 10.1. The van der Waals surface area contributed by atoms with Crippen molar-refractivity contribution in [2.24, 2.45) is 0 Å². The highest BCUT2D eigenvalue weighted by Crippen LogP contribution is 2.32. The van der Waals surface area contributed by atoms with Crippen molar-refractivity contribution < 1.29 is 25.2 Å². The van der Waals surface area contributed by atoms with Gasteiger partial charge in [0.2, 0.25) is 0 Å². The minimum Gasteiger partial charge on any atom is -0.394 e. The van der Waals surface area contributed by atoms with Crippen molar-refractivity contribution in [2.45, 2.75) is 44.4 Å². The summed E-state index contributed by atoms with van der Waals surface area (Å²) in [5.74, 6) is 0.495. The van der Waals surface area contributed by atoms with Crippen LogP contribution in [0.15, 0.2) is 24.3 Å². The Hall–Kier alpha value is -2.11. The molecule has 10 nitrogen and oxygen atoms in total. The number of aliphatic hydroxyl groups is 4. The molecule has 142 valence electrons. The highest BCUT2D eigenvalue weighted by atomic mass is 16.6. The number of imidazole rings is 1. The lowest BCUT2D eigenvalue weighted by molar-refractivity contribution is -0.0511. The molecule has 0 amide bonds. The molecule has 3 rings (SSSR count). The van der Waals surface area contributed by atoms with E-state index in [0.29, 0.717) is 17.0 Å². The van der Waals surface area contributed by atoms with Crippen LogP contribution in [0.3, 0.4) is 0 Å². The fraction of sp³-hybridized carbons (Fsp3) is 0.562. The van der Waals surface area contributed by atoms with Crippen LogP contribution < -0.4 is 5.32 Å². The number of nitrogens with one attached hydrogen (secondary N) is 1. The lowest BCUT2D eigenvalue weighted by Gasteiger charge is -2.16. The van der Waals surface area contributed by atoms with Crippen LogP contribution in [-0.4, -0.2) is 77.5 Å². The number of ether oxygens (including phenoxy) is 1. The van der Waals surface area contributed by atoms with Crippen LogP contribution in [0.5, 0.6) is 0 Å². The van der Waals surface area contributed by atoms with Gasteiger partial charge in [0.05, 0.1) is 19.5 Å². The number of aromatic nitrogens is 4. The second kappa shape index (κ2) is 7.64. The zero-order valence-corrected chi connectivity index (χ0v) is 14.5. The molecular weight excluding hydrogens is 342 g/mol. The van der Waals surface area contributed by atoms with Crippen LogP contribution in [0.1, 0.15) is 20.1 Å². The number of nitrogens with zero attached hydrogens (tertiary/aromatic N) is 4. The molecule has 0 radical (unpaired) electrons. The topological polar surface area (TPSA) is 146 Å². The number of rotatable bonds is 6. The second-order valence-electron chi connectivity index (χ2n) is 6.38. The third-order valence-corrected chi connectivity index (χ3v) is 4.30. The summed E-state index contributed by atoms with van der Waals surface area (Å²) < 4.78 is 7.04. The molecule has 0 aromatic carbocycles. The van der Waals surface area contributed by atoms with E-state index in [0.717, 1.165) is 5.57 Å². The maximum absolute atomic E-state index is 10.2. The van der Waals surface area contributed by atoms with E-state index < -0.39 is 31.1 Å². The molecule has 1 saturated heterocycles. The molecule has 1 fully saturated rings. The molecule has 5 atom stereocenters. The van der Waals surface area contributed by atoms with Gasteiger partial charge in [-0.3, -0.25) is 4.57 Å². The number of aliphatic hydroxyl groups excluding tert-OH is 4. The van der Waals surface area contributed by atoms with Gasteiger partial charge in [0.1, 0.15) is 24.6 Å². The van der Waals surface area contributed by atoms with E-state index in [2.05, 4.69) is 20.3 Å². The normalized spacial score (nSPS) is 27.8. The van der Waals surface area contributed by atoms with Gasteiger partial charge in [-0.15, -0.1) is 0 Å². The zero-order valence-electron chi connectivity index (χ0n) is 14.5. The number of fused-ring (bicyclic) bond motifs is 1. The Morgan fingerprint density at radius 2 is 2.08 bits per heavy atom. The molecule has 0 bridgehead atoms. The number of anilines is 1. The third kappa shape index (κ3) is 3.41. The van der Waals surface area contributed by atoms with Crippen molar-refractivity contribution in [3.63, 3.8) is 0 Å². The molecule has 2 aromatic rings. The van der Waals surface area contributed by atoms with Crippen molar-refractivity contribution in [1.29, 1.82) is 0 Å². The largest absolute Gasteiger partial charge is 0.394 e. The summed E-state index contributed by atoms with van der Waals surface area (Å²) >= 11 is 0. The van der Waals surface area contributed by atoms with E-state index >= 15 is 0 Å². The van der Waals surface area contributed by atoms with Gasteiger partial charge in [-0.1, -0.05) is 11.6 Å². The highest BCUT2D eigenvalue weighted by molar-refractivity contribution is 5.82. The molecule has 5 unspecified atom stereocenters. The smallest absolute Gasteiger partial charge is 0.167 e. The van der Waals surface area contributed by atoms with E-state index in [1.807, 2.05) is 19.9 Å². The Morgan fingerprint density at radius 3 is 2.73 bits per heavy atom. The molecule has 5 N–H and O–H groups in total. The van der Waals surface area contributed by atoms with Gasteiger partial charge in [-0.05, 0) is 13.8 Å². The summed E-state index contributed by atoms with van der Waals surface area (Å²) in [5.41, 5.74) is 1.73. The van der Waals surface area contributed by atoms with Crippen molar-refractivity contribution in [3.8, 4) is 0 Å². The quantitative estimate of drug-likeness (QED) is 0.414. The molecule has 0 aliphatic carbocycles. The van der Waals surface area contributed by atoms with Crippen LogP contribution in [0, 0.1) is 0 Å². The molecular formula is C16H23N5O5. The first-order valence-corrected chi connectivity index (χ1v) is 8.31. The maximum Gasteiger partial charge on any atom is 0.167 e. The van der Waals surface area contributed by atoms with Crippen LogP contribution in [0.25, 0.3) is 11.2 Å². The summed E-state index contributed by atoms with van der Waals surface area (Å²) in [6.45, 7) is 3.31. The molecule has 10 heteroatoms. The minimum absolute atomic E-state index is 0.0227. The lowest BCUT2D eigenvalue weighted by Crippen LogP contribution is -2.33. The van der Waals surface area contributed by atoms with E-state index in [9.17, 15) is 15.3 Å². The first-order chi connectivity index (χ1) is 12.5. The summed E-state index contributed by atoms with van der Waals surface area (Å²) in [6.07, 6.45) is 0.474. The Kier molecular flexibility index (Phi) is 5.49. The Bertz CT molecular complexity index is 794. The van der Waals surface area contributed by atoms with E-state index in [4.69, 9.17) is 9.84 Å².